The molecule has 1 amide bonds. The first kappa shape index (κ1) is 18.9. The Morgan fingerprint density at radius 2 is 1.93 bits per heavy atom. The Bertz CT molecular complexity index is 1030. The number of amides is 1. The van der Waals surface area contributed by atoms with Crippen molar-refractivity contribution >= 4 is 12.1 Å². The Balaban J connectivity index is 1.57. The van der Waals surface area contributed by atoms with E-state index in [0.29, 0.717) is 17.9 Å². The topological polar surface area (TPSA) is 79.4 Å². The summed E-state index contributed by atoms with van der Waals surface area (Å²) in [5.74, 6) is 0.496. The van der Waals surface area contributed by atoms with Crippen LogP contribution in [-0.4, -0.2) is 16.7 Å². The minimum Gasteiger partial charge on any atom is -0.489 e. The van der Waals surface area contributed by atoms with Gasteiger partial charge in [0.2, 0.25) is 0 Å². The van der Waals surface area contributed by atoms with E-state index in [2.05, 4.69) is 16.6 Å². The summed E-state index contributed by atoms with van der Waals surface area (Å²) in [4.78, 5) is 12.2. The fourth-order valence-electron chi connectivity index (χ4n) is 2.62. The summed E-state index contributed by atoms with van der Waals surface area (Å²) >= 11 is 0. The number of rotatable bonds is 6. The second kappa shape index (κ2) is 8.69. The number of nitrogens with zero attached hydrogens (tertiary/aromatic N) is 3. The van der Waals surface area contributed by atoms with Crippen molar-refractivity contribution in [3.8, 4) is 11.8 Å². The lowest BCUT2D eigenvalue weighted by atomic mass is 10.1. The maximum Gasteiger partial charge on any atom is 0.271 e. The number of nitrogens with one attached hydrogen (secondary N) is 1. The number of hydrazone groups is 1. The van der Waals surface area contributed by atoms with Crippen molar-refractivity contribution in [1.82, 2.24) is 9.99 Å². The van der Waals surface area contributed by atoms with Gasteiger partial charge in [0.15, 0.2) is 0 Å². The lowest BCUT2D eigenvalue weighted by Gasteiger charge is -2.06. The molecule has 0 saturated heterocycles. The average molecular weight is 372 g/mol. The van der Waals surface area contributed by atoms with Crippen molar-refractivity contribution in [3.05, 3.63) is 88.7 Å². The quantitative estimate of drug-likeness (QED) is 0.531. The van der Waals surface area contributed by atoms with Crippen LogP contribution < -0.4 is 10.2 Å². The zero-order valence-corrected chi connectivity index (χ0v) is 15.7. The van der Waals surface area contributed by atoms with E-state index in [9.17, 15) is 4.79 Å². The van der Waals surface area contributed by atoms with Crippen LogP contribution >= 0.6 is 0 Å². The molecule has 6 heteroatoms. The van der Waals surface area contributed by atoms with Crippen molar-refractivity contribution in [2.75, 3.05) is 0 Å². The third-order valence-corrected chi connectivity index (χ3v) is 4.42. The number of carbonyl (C=O) groups excluding carboxylic acids is 1. The van der Waals surface area contributed by atoms with Gasteiger partial charge >= 0.3 is 0 Å². The monoisotopic (exact) mass is 372 g/mol. The van der Waals surface area contributed by atoms with Crippen LogP contribution in [0.15, 0.2) is 65.8 Å². The van der Waals surface area contributed by atoms with Crippen LogP contribution in [0.5, 0.6) is 5.75 Å². The van der Waals surface area contributed by atoms with Crippen molar-refractivity contribution in [3.63, 3.8) is 0 Å². The van der Waals surface area contributed by atoms with Crippen LogP contribution in [0.4, 0.5) is 0 Å². The molecule has 2 aromatic carbocycles. The predicted octanol–water partition coefficient (Wildman–Crippen LogP) is 3.55. The summed E-state index contributed by atoms with van der Waals surface area (Å²) in [6.45, 7) is 2.32. The normalized spacial score (nSPS) is 10.6. The highest BCUT2D eigenvalue weighted by Gasteiger charge is 2.07. The number of hydrogen-bond acceptors (Lipinski definition) is 4. The number of para-hydroxylation sites is 1. The fourth-order valence-corrected chi connectivity index (χ4v) is 2.62. The van der Waals surface area contributed by atoms with Gasteiger partial charge in [-0.2, -0.15) is 10.4 Å². The molecule has 3 aromatic rings. The second-order valence-electron chi connectivity index (χ2n) is 6.24. The van der Waals surface area contributed by atoms with E-state index in [4.69, 9.17) is 10.00 Å². The van der Waals surface area contributed by atoms with Crippen LogP contribution in [0.3, 0.4) is 0 Å². The number of aromatic nitrogens is 1. The molecule has 1 heterocycles. The van der Waals surface area contributed by atoms with Gasteiger partial charge in [-0.3, -0.25) is 4.79 Å². The summed E-state index contributed by atoms with van der Waals surface area (Å²) in [5, 5.41) is 13.0. The molecule has 0 aliphatic rings. The number of hydrogen-bond donors (Lipinski definition) is 1. The van der Waals surface area contributed by atoms with Gasteiger partial charge in [-0.05, 0) is 42.8 Å². The van der Waals surface area contributed by atoms with E-state index < -0.39 is 0 Å². The van der Waals surface area contributed by atoms with Gasteiger partial charge in [0.25, 0.3) is 5.91 Å². The highest BCUT2D eigenvalue weighted by atomic mass is 16.5. The second-order valence-corrected chi connectivity index (χ2v) is 6.24. The highest BCUT2D eigenvalue weighted by molar-refractivity contribution is 5.95. The molecule has 0 aliphatic heterocycles. The molecule has 0 aliphatic carbocycles. The molecule has 0 fully saturated rings. The van der Waals surface area contributed by atoms with Crippen LogP contribution in [0.2, 0.25) is 0 Å². The first-order chi connectivity index (χ1) is 13.6. The van der Waals surface area contributed by atoms with Crippen LogP contribution in [0.25, 0.3) is 0 Å². The van der Waals surface area contributed by atoms with Gasteiger partial charge in [-0.25, -0.2) is 5.43 Å². The van der Waals surface area contributed by atoms with Gasteiger partial charge in [-0.1, -0.05) is 30.3 Å². The van der Waals surface area contributed by atoms with Crippen LogP contribution in [0.1, 0.15) is 32.9 Å². The van der Waals surface area contributed by atoms with Gasteiger partial charge in [0.1, 0.15) is 24.1 Å². The summed E-state index contributed by atoms with van der Waals surface area (Å²) in [6, 6.07) is 20.6. The van der Waals surface area contributed by atoms with Crippen LogP contribution in [-0.2, 0) is 13.7 Å². The Morgan fingerprint density at radius 1 is 1.21 bits per heavy atom. The van der Waals surface area contributed by atoms with Gasteiger partial charge < -0.3 is 9.30 Å². The zero-order chi connectivity index (χ0) is 19.9. The van der Waals surface area contributed by atoms with Crippen molar-refractivity contribution in [2.45, 2.75) is 13.5 Å². The summed E-state index contributed by atoms with van der Waals surface area (Å²) < 4.78 is 7.47. The average Bonchev–Trinajstić information content (AvgIpc) is 3.01. The molecule has 1 aromatic heterocycles. The molecule has 3 rings (SSSR count). The van der Waals surface area contributed by atoms with Crippen LogP contribution in [0, 0.1) is 18.3 Å². The predicted molar refractivity (Wildman–Crippen MR) is 107 cm³/mol. The van der Waals surface area contributed by atoms with Crippen molar-refractivity contribution < 1.29 is 9.53 Å². The number of benzene rings is 2. The summed E-state index contributed by atoms with van der Waals surface area (Å²) in [7, 11) is 1.81. The molecule has 6 nitrogen and oxygen atoms in total. The molecular weight excluding hydrogens is 352 g/mol. The maximum atomic E-state index is 12.2. The Morgan fingerprint density at radius 3 is 2.57 bits per heavy atom. The molecular formula is C22H20N4O2. The zero-order valence-electron chi connectivity index (χ0n) is 15.7. The first-order valence-electron chi connectivity index (χ1n) is 8.75. The molecule has 140 valence electrons. The minimum absolute atomic E-state index is 0.305. The van der Waals surface area contributed by atoms with Gasteiger partial charge in [-0.15, -0.1) is 0 Å². The van der Waals surface area contributed by atoms with E-state index in [1.165, 1.54) is 6.21 Å². The van der Waals surface area contributed by atoms with E-state index in [1.54, 1.807) is 22.8 Å². The number of nitriles is 1. The lowest BCUT2D eigenvalue weighted by molar-refractivity contribution is 0.0955. The molecule has 1 N–H and O–H groups in total. The molecule has 28 heavy (non-hydrogen) atoms. The van der Waals surface area contributed by atoms with E-state index >= 15 is 0 Å². The molecule has 0 spiro atoms. The standard InChI is InChI=1S/C22H20N4O2/c1-16-19(12-20(13-23)26(16)2)14-24-25-22(27)18-10-8-17(9-11-18)15-28-21-6-4-3-5-7-21/h3-12,14H,15H2,1-2H3,(H,25,27)/b24-14-. The largest absolute Gasteiger partial charge is 0.489 e. The van der Waals surface area contributed by atoms with E-state index in [1.807, 2.05) is 56.4 Å². The Hall–Kier alpha value is -3.85. The molecule has 0 radical (unpaired) electrons. The molecule has 0 atom stereocenters. The SMILES string of the molecule is Cc1c(/C=N\NC(=O)c2ccc(COc3ccccc3)cc2)cc(C#N)n1C. The third-order valence-electron chi connectivity index (χ3n) is 4.42. The lowest BCUT2D eigenvalue weighted by Crippen LogP contribution is -2.17. The number of ether oxygens (including phenoxy) is 1. The molecule has 0 unspecified atom stereocenters. The van der Waals surface area contributed by atoms with Crippen molar-refractivity contribution in [2.24, 2.45) is 12.1 Å². The van der Waals surface area contributed by atoms with E-state index in [-0.39, 0.29) is 5.91 Å². The summed E-state index contributed by atoms with van der Waals surface area (Å²) in [5.41, 5.74) is 6.20. The Kier molecular flexibility index (Phi) is 5.87. The van der Waals surface area contributed by atoms with Gasteiger partial charge in [0, 0.05) is 23.9 Å². The maximum absolute atomic E-state index is 12.2. The third kappa shape index (κ3) is 4.46. The Labute approximate surface area is 163 Å². The highest BCUT2D eigenvalue weighted by Crippen LogP contribution is 2.13. The fraction of sp³-hybridized carbons (Fsp3) is 0.136. The van der Waals surface area contributed by atoms with E-state index in [0.717, 1.165) is 22.6 Å². The van der Waals surface area contributed by atoms with Crippen molar-refractivity contribution in [1.29, 1.82) is 5.26 Å². The molecule has 0 bridgehead atoms. The first-order valence-corrected chi connectivity index (χ1v) is 8.75. The molecule has 0 saturated carbocycles. The smallest absolute Gasteiger partial charge is 0.271 e. The summed E-state index contributed by atoms with van der Waals surface area (Å²) in [6.07, 6.45) is 1.54. The minimum atomic E-state index is -0.305. The van der Waals surface area contributed by atoms with Gasteiger partial charge in [0.05, 0.1) is 6.21 Å². The number of carbonyl (C=O) groups is 1.